The maximum absolute atomic E-state index is 5.77. The van der Waals surface area contributed by atoms with E-state index in [1.165, 1.54) is 0 Å². The van der Waals surface area contributed by atoms with Gasteiger partial charge in [0.05, 0.1) is 28.0 Å². The third-order valence-corrected chi connectivity index (χ3v) is 4.39. The summed E-state index contributed by atoms with van der Waals surface area (Å²) in [5.74, 6) is 3.11. The van der Waals surface area contributed by atoms with Crippen LogP contribution in [0.25, 0.3) is 11.5 Å². The molecule has 2 rings (SSSR count). The van der Waals surface area contributed by atoms with Crippen molar-refractivity contribution in [3.8, 4) is 28.7 Å². The predicted molar refractivity (Wildman–Crippen MR) is 112 cm³/mol. The lowest BCUT2D eigenvalue weighted by atomic mass is 10.1. The maximum atomic E-state index is 5.77. The maximum Gasteiger partial charge on any atom is 0.288 e. The summed E-state index contributed by atoms with van der Waals surface area (Å²) >= 11 is 5.41. The van der Waals surface area contributed by atoms with Crippen LogP contribution in [-0.2, 0) is 6.67 Å². The minimum absolute atomic E-state index is 0.335. The summed E-state index contributed by atoms with van der Waals surface area (Å²) in [6.45, 7) is 11.3. The van der Waals surface area contributed by atoms with E-state index in [2.05, 4.69) is 37.7 Å². The average Bonchev–Trinajstić information content (AvgIpc) is 2.99. The van der Waals surface area contributed by atoms with Gasteiger partial charge in [-0.1, -0.05) is 27.7 Å². The molecular formula is C20H31N3O4S. The van der Waals surface area contributed by atoms with E-state index in [-0.39, 0.29) is 0 Å². The summed E-state index contributed by atoms with van der Waals surface area (Å²) in [5, 5.41) is 4.59. The molecule has 0 saturated carbocycles. The zero-order valence-corrected chi connectivity index (χ0v) is 18.6. The van der Waals surface area contributed by atoms with Crippen LogP contribution in [0, 0.1) is 16.7 Å². The van der Waals surface area contributed by atoms with Gasteiger partial charge in [0.1, 0.15) is 0 Å². The van der Waals surface area contributed by atoms with Gasteiger partial charge in [0.15, 0.2) is 11.5 Å². The molecule has 0 saturated heterocycles. The summed E-state index contributed by atoms with van der Waals surface area (Å²) in [7, 11) is 4.72. The normalized spacial score (nSPS) is 11.5. The number of benzene rings is 1. The van der Waals surface area contributed by atoms with Gasteiger partial charge >= 0.3 is 0 Å². The second-order valence-corrected chi connectivity index (χ2v) is 7.90. The van der Waals surface area contributed by atoms with E-state index in [4.69, 9.17) is 30.8 Å². The lowest BCUT2D eigenvalue weighted by molar-refractivity contribution is 0.163. The van der Waals surface area contributed by atoms with Crippen molar-refractivity contribution in [1.29, 1.82) is 0 Å². The fourth-order valence-corrected chi connectivity index (χ4v) is 3.31. The molecule has 1 aromatic carbocycles. The van der Waals surface area contributed by atoms with Gasteiger partial charge in [0.2, 0.25) is 11.6 Å². The highest BCUT2D eigenvalue weighted by Crippen LogP contribution is 2.40. The van der Waals surface area contributed by atoms with Crippen LogP contribution in [0.2, 0.25) is 0 Å². The molecular weight excluding hydrogens is 378 g/mol. The van der Waals surface area contributed by atoms with Gasteiger partial charge in [0.25, 0.3) is 4.84 Å². The molecule has 0 fully saturated rings. The number of methoxy groups -OCH3 is 3. The number of ether oxygens (including phenoxy) is 3. The van der Waals surface area contributed by atoms with Crippen LogP contribution in [0.5, 0.6) is 17.2 Å². The first-order valence-electron chi connectivity index (χ1n) is 9.39. The highest BCUT2D eigenvalue weighted by Gasteiger charge is 2.18. The Bertz CT molecular complexity index is 794. The first-order chi connectivity index (χ1) is 13.3. The molecule has 7 nitrogen and oxygen atoms in total. The zero-order chi connectivity index (χ0) is 20.8. The molecule has 0 aliphatic rings. The van der Waals surface area contributed by atoms with Crippen LogP contribution in [-0.4, -0.2) is 49.1 Å². The molecule has 0 N–H and O–H groups in total. The van der Waals surface area contributed by atoms with E-state index in [0.717, 1.165) is 13.1 Å². The summed E-state index contributed by atoms with van der Waals surface area (Å²) in [4.78, 5) is 2.67. The van der Waals surface area contributed by atoms with Crippen molar-refractivity contribution in [2.75, 3.05) is 34.4 Å². The van der Waals surface area contributed by atoms with Crippen molar-refractivity contribution in [1.82, 2.24) is 14.7 Å². The van der Waals surface area contributed by atoms with Crippen molar-refractivity contribution in [2.45, 2.75) is 34.4 Å². The second kappa shape index (κ2) is 9.93. The molecule has 156 valence electrons. The van der Waals surface area contributed by atoms with Gasteiger partial charge in [0, 0.05) is 18.7 Å². The van der Waals surface area contributed by atoms with Crippen LogP contribution in [0.1, 0.15) is 27.7 Å². The van der Waals surface area contributed by atoms with Gasteiger partial charge in [-0.25, -0.2) is 4.68 Å². The van der Waals surface area contributed by atoms with E-state index in [0.29, 0.717) is 52.0 Å². The van der Waals surface area contributed by atoms with Crippen molar-refractivity contribution >= 4 is 12.2 Å². The Morgan fingerprint density at radius 1 is 1.00 bits per heavy atom. The number of aromatic nitrogens is 2. The van der Waals surface area contributed by atoms with E-state index >= 15 is 0 Å². The first-order valence-corrected chi connectivity index (χ1v) is 9.80. The van der Waals surface area contributed by atoms with Gasteiger partial charge < -0.3 is 18.6 Å². The Labute approximate surface area is 172 Å². The van der Waals surface area contributed by atoms with E-state index in [1.54, 1.807) is 38.1 Å². The van der Waals surface area contributed by atoms with Gasteiger partial charge in [-0.05, 0) is 36.2 Å². The molecule has 0 bridgehead atoms. The minimum Gasteiger partial charge on any atom is -0.493 e. The Morgan fingerprint density at radius 2 is 1.54 bits per heavy atom. The standard InChI is InChI=1S/C20H31N3O4S/c1-13(2)10-22(11-14(3)4)12-23-20(28)27-19(21-23)15-8-16(24-5)18(26-7)17(9-15)25-6/h8-9,13-14H,10-12H2,1-7H3. The molecule has 0 unspecified atom stereocenters. The molecule has 0 aliphatic carbocycles. The first kappa shape index (κ1) is 22.2. The smallest absolute Gasteiger partial charge is 0.288 e. The predicted octanol–water partition coefficient (Wildman–Crippen LogP) is 4.47. The molecule has 8 heteroatoms. The van der Waals surface area contributed by atoms with E-state index in [9.17, 15) is 0 Å². The lowest BCUT2D eigenvalue weighted by Crippen LogP contribution is -2.33. The summed E-state index contributed by atoms with van der Waals surface area (Å²) in [6, 6.07) is 3.60. The zero-order valence-electron chi connectivity index (χ0n) is 17.8. The number of hydrogen-bond acceptors (Lipinski definition) is 7. The lowest BCUT2D eigenvalue weighted by Gasteiger charge is -2.25. The average molecular weight is 410 g/mol. The van der Waals surface area contributed by atoms with Crippen LogP contribution in [0.15, 0.2) is 16.5 Å². The van der Waals surface area contributed by atoms with Crippen molar-refractivity contribution in [2.24, 2.45) is 11.8 Å². The van der Waals surface area contributed by atoms with Crippen molar-refractivity contribution in [3.05, 3.63) is 17.0 Å². The van der Waals surface area contributed by atoms with Crippen LogP contribution >= 0.6 is 12.2 Å². The number of rotatable bonds is 10. The third-order valence-electron chi connectivity index (χ3n) is 4.10. The molecule has 1 aromatic heterocycles. The highest BCUT2D eigenvalue weighted by molar-refractivity contribution is 7.71. The highest BCUT2D eigenvalue weighted by atomic mass is 32.1. The van der Waals surface area contributed by atoms with Gasteiger partial charge in [-0.15, -0.1) is 5.10 Å². The summed E-state index contributed by atoms with van der Waals surface area (Å²) in [6.07, 6.45) is 0. The molecule has 0 radical (unpaired) electrons. The second-order valence-electron chi connectivity index (χ2n) is 7.55. The van der Waals surface area contributed by atoms with Crippen LogP contribution in [0.4, 0.5) is 0 Å². The Morgan fingerprint density at radius 3 is 1.96 bits per heavy atom. The minimum atomic E-state index is 0.335. The van der Waals surface area contributed by atoms with Crippen molar-refractivity contribution in [3.63, 3.8) is 0 Å². The number of nitrogens with zero attached hydrogens (tertiary/aromatic N) is 3. The quantitative estimate of drug-likeness (QED) is 0.537. The Hall–Kier alpha value is -2.06. The largest absolute Gasteiger partial charge is 0.493 e. The van der Waals surface area contributed by atoms with E-state index in [1.807, 2.05) is 0 Å². The molecule has 0 aliphatic heterocycles. The molecule has 0 atom stereocenters. The molecule has 1 heterocycles. The molecule has 28 heavy (non-hydrogen) atoms. The topological polar surface area (TPSA) is 61.9 Å². The summed E-state index contributed by atoms with van der Waals surface area (Å²) in [5.41, 5.74) is 0.707. The van der Waals surface area contributed by atoms with Crippen LogP contribution in [0.3, 0.4) is 0 Å². The number of hydrogen-bond donors (Lipinski definition) is 0. The molecule has 2 aromatic rings. The third kappa shape index (κ3) is 5.48. The van der Waals surface area contributed by atoms with Crippen molar-refractivity contribution < 1.29 is 18.6 Å². The van der Waals surface area contributed by atoms with Gasteiger partial charge in [-0.2, -0.15) is 0 Å². The SMILES string of the molecule is COc1cc(-c2nn(CN(CC(C)C)CC(C)C)c(=S)o2)cc(OC)c1OC. The Kier molecular flexibility index (Phi) is 7.88. The summed E-state index contributed by atoms with van der Waals surface area (Å²) < 4.78 is 23.7. The monoisotopic (exact) mass is 409 g/mol. The van der Waals surface area contributed by atoms with E-state index < -0.39 is 0 Å². The molecule has 0 amide bonds. The van der Waals surface area contributed by atoms with Gasteiger partial charge in [-0.3, -0.25) is 4.90 Å². The fraction of sp³-hybridized carbons (Fsp3) is 0.600. The fourth-order valence-electron chi connectivity index (χ4n) is 3.13. The molecule has 0 spiro atoms. The van der Waals surface area contributed by atoms with Crippen LogP contribution < -0.4 is 14.2 Å². The Balaban J connectivity index is 2.36.